The molecule has 0 amide bonds. The van der Waals surface area contributed by atoms with Crippen LogP contribution < -0.4 is 0 Å². The molecule has 0 unspecified atom stereocenters. The van der Waals surface area contributed by atoms with Gasteiger partial charge in [-0.1, -0.05) is 28.1 Å². The van der Waals surface area contributed by atoms with Gasteiger partial charge < -0.3 is 4.42 Å². The van der Waals surface area contributed by atoms with Gasteiger partial charge >= 0.3 is 0 Å². The van der Waals surface area contributed by atoms with Crippen LogP contribution in [0.1, 0.15) is 15.9 Å². The van der Waals surface area contributed by atoms with E-state index < -0.39 is 0 Å². The first-order valence-corrected chi connectivity index (χ1v) is 5.35. The van der Waals surface area contributed by atoms with Crippen LogP contribution in [-0.4, -0.2) is 5.78 Å². The van der Waals surface area contributed by atoms with Gasteiger partial charge in [-0.05, 0) is 23.8 Å². The fraction of sp³-hybridized carbons (Fsp3) is 0.0833. The van der Waals surface area contributed by atoms with Crippen molar-refractivity contribution in [3.8, 4) is 0 Å². The summed E-state index contributed by atoms with van der Waals surface area (Å²) in [5.74, 6) is 0.0712. The van der Waals surface area contributed by atoms with Gasteiger partial charge in [0, 0.05) is 10.9 Å². The fourth-order valence-corrected chi connectivity index (χ4v) is 1.80. The first-order valence-electron chi connectivity index (χ1n) is 4.55. The third-order valence-electron chi connectivity index (χ3n) is 2.10. The minimum atomic E-state index is 0.0712. The smallest absolute Gasteiger partial charge is 0.170 e. The molecular weight excluding hydrogens is 256 g/mol. The summed E-state index contributed by atoms with van der Waals surface area (Å²) >= 11 is 3.37. The average molecular weight is 265 g/mol. The van der Waals surface area contributed by atoms with E-state index in [9.17, 15) is 4.79 Å². The molecule has 76 valence electrons. The Kier molecular flexibility index (Phi) is 3.02. The zero-order valence-electron chi connectivity index (χ0n) is 7.94. The topological polar surface area (TPSA) is 30.2 Å². The van der Waals surface area contributed by atoms with E-state index in [1.807, 2.05) is 24.3 Å². The molecule has 0 fully saturated rings. The first-order chi connectivity index (χ1) is 7.25. The quantitative estimate of drug-likeness (QED) is 0.795. The fourth-order valence-electron chi connectivity index (χ4n) is 1.36. The number of carbonyl (C=O) groups is 1. The lowest BCUT2D eigenvalue weighted by Gasteiger charge is -1.99. The third-order valence-corrected chi connectivity index (χ3v) is 2.59. The van der Waals surface area contributed by atoms with E-state index >= 15 is 0 Å². The van der Waals surface area contributed by atoms with Gasteiger partial charge in [-0.15, -0.1) is 0 Å². The van der Waals surface area contributed by atoms with Gasteiger partial charge in [-0.25, -0.2) is 0 Å². The minimum Gasteiger partial charge on any atom is -0.472 e. The molecule has 0 saturated heterocycles. The molecule has 1 heterocycles. The maximum Gasteiger partial charge on any atom is 0.170 e. The standard InChI is InChI=1S/C12H9BrO2/c13-11-3-1-2-9(6-11)7-12(14)10-4-5-15-8-10/h1-6,8H,7H2. The van der Waals surface area contributed by atoms with Crippen molar-refractivity contribution >= 4 is 21.7 Å². The molecule has 2 rings (SSSR count). The SMILES string of the molecule is O=C(Cc1cccc(Br)c1)c1ccoc1. The molecule has 0 N–H and O–H groups in total. The molecule has 2 aromatic rings. The van der Waals surface area contributed by atoms with Crippen LogP contribution in [0.5, 0.6) is 0 Å². The minimum absolute atomic E-state index is 0.0712. The number of ketones is 1. The molecule has 0 aliphatic rings. The normalized spacial score (nSPS) is 10.2. The van der Waals surface area contributed by atoms with Crippen molar-refractivity contribution in [1.82, 2.24) is 0 Å². The van der Waals surface area contributed by atoms with Gasteiger partial charge in [0.15, 0.2) is 5.78 Å². The molecule has 0 spiro atoms. The van der Waals surface area contributed by atoms with E-state index in [0.717, 1.165) is 10.0 Å². The zero-order valence-corrected chi connectivity index (χ0v) is 9.53. The average Bonchev–Trinajstić information content (AvgIpc) is 2.70. The molecular formula is C12H9BrO2. The highest BCUT2D eigenvalue weighted by molar-refractivity contribution is 9.10. The van der Waals surface area contributed by atoms with Crippen molar-refractivity contribution in [2.24, 2.45) is 0 Å². The van der Waals surface area contributed by atoms with Gasteiger partial charge in [-0.2, -0.15) is 0 Å². The lowest BCUT2D eigenvalue weighted by atomic mass is 10.1. The number of Topliss-reactive ketones (excluding diaryl/α,β-unsaturated/α-hetero) is 1. The van der Waals surface area contributed by atoms with Crippen LogP contribution in [-0.2, 0) is 6.42 Å². The molecule has 0 radical (unpaired) electrons. The molecule has 0 aliphatic carbocycles. The van der Waals surface area contributed by atoms with Gasteiger partial charge in [0.2, 0.25) is 0 Å². The Morgan fingerprint density at radius 1 is 1.33 bits per heavy atom. The largest absolute Gasteiger partial charge is 0.472 e. The number of rotatable bonds is 3. The summed E-state index contributed by atoms with van der Waals surface area (Å²) in [5.41, 5.74) is 1.62. The van der Waals surface area contributed by atoms with E-state index in [-0.39, 0.29) is 5.78 Å². The summed E-state index contributed by atoms with van der Waals surface area (Å²) in [6, 6.07) is 9.41. The van der Waals surface area contributed by atoms with Crippen LogP contribution in [0.3, 0.4) is 0 Å². The van der Waals surface area contributed by atoms with Crippen LogP contribution in [0.25, 0.3) is 0 Å². The van der Waals surface area contributed by atoms with E-state index in [2.05, 4.69) is 15.9 Å². The monoisotopic (exact) mass is 264 g/mol. The first kappa shape index (κ1) is 10.2. The zero-order chi connectivity index (χ0) is 10.7. The van der Waals surface area contributed by atoms with E-state index in [0.29, 0.717) is 12.0 Å². The Balaban J connectivity index is 2.13. The maximum atomic E-state index is 11.7. The molecule has 0 aliphatic heterocycles. The molecule has 0 saturated carbocycles. The molecule has 1 aromatic carbocycles. The Morgan fingerprint density at radius 2 is 2.20 bits per heavy atom. The lowest BCUT2D eigenvalue weighted by Crippen LogP contribution is -2.01. The van der Waals surface area contributed by atoms with Crippen molar-refractivity contribution in [3.05, 3.63) is 58.5 Å². The highest BCUT2D eigenvalue weighted by Gasteiger charge is 2.07. The Bertz CT molecular complexity index is 460. The van der Waals surface area contributed by atoms with Crippen LogP contribution in [0, 0.1) is 0 Å². The van der Waals surface area contributed by atoms with E-state index in [1.165, 1.54) is 12.5 Å². The summed E-state index contributed by atoms with van der Waals surface area (Å²) in [4.78, 5) is 11.7. The van der Waals surface area contributed by atoms with Gasteiger partial charge in [0.05, 0.1) is 11.8 Å². The number of carbonyl (C=O) groups excluding carboxylic acids is 1. The van der Waals surface area contributed by atoms with Crippen molar-refractivity contribution in [2.75, 3.05) is 0 Å². The number of hydrogen-bond acceptors (Lipinski definition) is 2. The molecule has 1 aromatic heterocycles. The molecule has 2 nitrogen and oxygen atoms in total. The van der Waals surface area contributed by atoms with Gasteiger partial charge in [0.1, 0.15) is 6.26 Å². The van der Waals surface area contributed by atoms with Crippen molar-refractivity contribution in [2.45, 2.75) is 6.42 Å². The van der Waals surface area contributed by atoms with Gasteiger partial charge in [0.25, 0.3) is 0 Å². The summed E-state index contributed by atoms with van der Waals surface area (Å²) in [5, 5.41) is 0. The second-order valence-corrected chi connectivity index (χ2v) is 4.16. The second-order valence-electron chi connectivity index (χ2n) is 3.24. The summed E-state index contributed by atoms with van der Waals surface area (Å²) in [7, 11) is 0. The summed E-state index contributed by atoms with van der Waals surface area (Å²) < 4.78 is 5.85. The van der Waals surface area contributed by atoms with Crippen LogP contribution in [0.2, 0.25) is 0 Å². The van der Waals surface area contributed by atoms with Crippen LogP contribution in [0.15, 0.2) is 51.7 Å². The lowest BCUT2D eigenvalue weighted by molar-refractivity contribution is 0.0992. The van der Waals surface area contributed by atoms with Crippen molar-refractivity contribution in [3.63, 3.8) is 0 Å². The van der Waals surface area contributed by atoms with Crippen LogP contribution in [0.4, 0.5) is 0 Å². The van der Waals surface area contributed by atoms with Gasteiger partial charge in [-0.3, -0.25) is 4.79 Å². The van der Waals surface area contributed by atoms with E-state index in [1.54, 1.807) is 6.07 Å². The molecule has 3 heteroatoms. The summed E-state index contributed by atoms with van der Waals surface area (Å²) in [6.45, 7) is 0. The highest BCUT2D eigenvalue weighted by atomic mass is 79.9. The predicted octanol–water partition coefficient (Wildman–Crippen LogP) is 3.47. The van der Waals surface area contributed by atoms with Crippen LogP contribution >= 0.6 is 15.9 Å². The Labute approximate surface area is 96.0 Å². The van der Waals surface area contributed by atoms with Crippen molar-refractivity contribution in [1.29, 1.82) is 0 Å². The third kappa shape index (κ3) is 2.57. The number of hydrogen-bond donors (Lipinski definition) is 0. The second kappa shape index (κ2) is 4.45. The highest BCUT2D eigenvalue weighted by Crippen LogP contribution is 2.14. The predicted molar refractivity (Wildman–Crippen MR) is 60.9 cm³/mol. The van der Waals surface area contributed by atoms with Crippen molar-refractivity contribution < 1.29 is 9.21 Å². The number of benzene rings is 1. The van der Waals surface area contributed by atoms with E-state index in [4.69, 9.17) is 4.42 Å². The number of halogens is 1. The maximum absolute atomic E-state index is 11.7. The molecule has 0 atom stereocenters. The summed E-state index contributed by atoms with van der Waals surface area (Å²) in [6.07, 6.45) is 3.38. The Morgan fingerprint density at radius 3 is 2.87 bits per heavy atom. The Hall–Kier alpha value is -1.35. The molecule has 15 heavy (non-hydrogen) atoms. The molecule has 0 bridgehead atoms. The number of furan rings is 1.